The van der Waals surface area contributed by atoms with Crippen molar-refractivity contribution in [2.45, 2.75) is 19.2 Å². The summed E-state index contributed by atoms with van der Waals surface area (Å²) in [5.41, 5.74) is 6.97. The Hall–Kier alpha value is -1.50. The van der Waals surface area contributed by atoms with Crippen molar-refractivity contribution >= 4 is 5.97 Å². The number of benzene rings is 1. The molecule has 1 unspecified atom stereocenters. The summed E-state index contributed by atoms with van der Waals surface area (Å²) in [5, 5.41) is 0. The second-order valence-corrected chi connectivity index (χ2v) is 4.75. The maximum atomic E-state index is 13.4. The van der Waals surface area contributed by atoms with Crippen LogP contribution in [-0.2, 0) is 27.4 Å². The summed E-state index contributed by atoms with van der Waals surface area (Å²) in [6.07, 6.45) is -0.553. The first-order valence-corrected chi connectivity index (χ1v) is 6.53. The van der Waals surface area contributed by atoms with E-state index in [-0.39, 0.29) is 18.3 Å². The van der Waals surface area contributed by atoms with Crippen LogP contribution in [0.15, 0.2) is 18.2 Å². The fourth-order valence-electron chi connectivity index (χ4n) is 2.26. The maximum absolute atomic E-state index is 13.4. The highest BCUT2D eigenvalue weighted by Gasteiger charge is 2.27. The maximum Gasteiger partial charge on any atom is 0.336 e. The lowest BCUT2D eigenvalue weighted by Crippen LogP contribution is -2.46. The van der Waals surface area contributed by atoms with E-state index in [9.17, 15) is 9.18 Å². The lowest BCUT2D eigenvalue weighted by Gasteiger charge is -2.31. The zero-order valence-corrected chi connectivity index (χ0v) is 11.5. The summed E-state index contributed by atoms with van der Waals surface area (Å²) in [7, 11) is 1.35. The van der Waals surface area contributed by atoms with Gasteiger partial charge in [-0.25, -0.2) is 9.18 Å². The van der Waals surface area contributed by atoms with Gasteiger partial charge in [0, 0.05) is 31.7 Å². The lowest BCUT2D eigenvalue weighted by atomic mass is 10.1. The molecule has 1 aliphatic heterocycles. The average Bonchev–Trinajstić information content (AvgIpc) is 2.48. The summed E-state index contributed by atoms with van der Waals surface area (Å²) in [6.45, 7) is 2.48. The number of hydrogen-bond acceptors (Lipinski definition) is 5. The van der Waals surface area contributed by atoms with Crippen molar-refractivity contribution in [2.24, 2.45) is 5.73 Å². The SMILES string of the molecule is COC(=O)C1CN(Cc2ccc(F)c(CN)c2)CCO1. The summed E-state index contributed by atoms with van der Waals surface area (Å²) < 4.78 is 23.4. The van der Waals surface area contributed by atoms with Crippen molar-refractivity contribution < 1.29 is 18.7 Å². The standard InChI is InChI=1S/C14H19FN2O3/c1-19-14(18)13-9-17(4-5-20-13)8-10-2-3-12(15)11(6-10)7-16/h2-3,6,13H,4-5,7-9,16H2,1H3. The van der Waals surface area contributed by atoms with E-state index in [4.69, 9.17) is 10.5 Å². The monoisotopic (exact) mass is 282 g/mol. The van der Waals surface area contributed by atoms with Gasteiger partial charge < -0.3 is 15.2 Å². The minimum absolute atomic E-state index is 0.174. The van der Waals surface area contributed by atoms with Crippen molar-refractivity contribution in [1.29, 1.82) is 0 Å². The van der Waals surface area contributed by atoms with Gasteiger partial charge in [-0.15, -0.1) is 0 Å². The Kier molecular flexibility index (Phi) is 5.05. The van der Waals surface area contributed by atoms with Gasteiger partial charge in [0.25, 0.3) is 0 Å². The summed E-state index contributed by atoms with van der Waals surface area (Å²) in [6, 6.07) is 4.92. The number of nitrogens with two attached hydrogens (primary N) is 1. The van der Waals surface area contributed by atoms with Crippen LogP contribution in [0.3, 0.4) is 0 Å². The molecule has 1 aromatic carbocycles. The molecule has 1 aliphatic rings. The molecule has 1 aromatic rings. The topological polar surface area (TPSA) is 64.8 Å². The summed E-state index contributed by atoms with van der Waals surface area (Å²) >= 11 is 0. The molecule has 110 valence electrons. The molecule has 1 heterocycles. The molecule has 20 heavy (non-hydrogen) atoms. The Balaban J connectivity index is 2.00. The highest BCUT2D eigenvalue weighted by Crippen LogP contribution is 2.15. The van der Waals surface area contributed by atoms with Crippen molar-refractivity contribution in [3.63, 3.8) is 0 Å². The van der Waals surface area contributed by atoms with E-state index in [1.54, 1.807) is 12.1 Å². The Morgan fingerprint density at radius 1 is 1.60 bits per heavy atom. The Labute approximate surface area is 117 Å². The number of carbonyl (C=O) groups is 1. The van der Waals surface area contributed by atoms with E-state index >= 15 is 0 Å². The van der Waals surface area contributed by atoms with Crippen molar-refractivity contribution in [3.8, 4) is 0 Å². The molecule has 0 amide bonds. The lowest BCUT2D eigenvalue weighted by molar-refractivity contribution is -0.160. The Morgan fingerprint density at radius 2 is 2.40 bits per heavy atom. The smallest absolute Gasteiger partial charge is 0.336 e. The highest BCUT2D eigenvalue weighted by molar-refractivity contribution is 5.74. The van der Waals surface area contributed by atoms with Gasteiger partial charge in [0.05, 0.1) is 13.7 Å². The highest BCUT2D eigenvalue weighted by atomic mass is 19.1. The van der Waals surface area contributed by atoms with Crippen LogP contribution in [-0.4, -0.2) is 43.8 Å². The van der Waals surface area contributed by atoms with Crippen molar-refractivity contribution in [1.82, 2.24) is 4.90 Å². The van der Waals surface area contributed by atoms with E-state index in [1.165, 1.54) is 13.2 Å². The second kappa shape index (κ2) is 6.78. The molecule has 1 fully saturated rings. The third-order valence-corrected chi connectivity index (χ3v) is 3.35. The van der Waals surface area contributed by atoms with Crippen LogP contribution in [0.2, 0.25) is 0 Å². The van der Waals surface area contributed by atoms with Gasteiger partial charge >= 0.3 is 5.97 Å². The average molecular weight is 282 g/mol. The number of halogens is 1. The number of rotatable bonds is 4. The normalized spacial score (nSPS) is 19.9. The van der Waals surface area contributed by atoms with Gasteiger partial charge in [0.1, 0.15) is 5.82 Å². The Morgan fingerprint density at radius 3 is 3.10 bits per heavy atom. The first kappa shape index (κ1) is 14.9. The van der Waals surface area contributed by atoms with Crippen LogP contribution in [0.4, 0.5) is 4.39 Å². The van der Waals surface area contributed by atoms with E-state index in [1.807, 2.05) is 0 Å². The van der Waals surface area contributed by atoms with Gasteiger partial charge in [-0.1, -0.05) is 12.1 Å². The predicted molar refractivity (Wildman–Crippen MR) is 71.3 cm³/mol. The van der Waals surface area contributed by atoms with Gasteiger partial charge in [0.15, 0.2) is 6.10 Å². The fourth-order valence-corrected chi connectivity index (χ4v) is 2.26. The van der Waals surface area contributed by atoms with Crippen molar-refractivity contribution in [2.75, 3.05) is 26.8 Å². The third-order valence-electron chi connectivity index (χ3n) is 3.35. The molecule has 0 radical (unpaired) electrons. The number of ether oxygens (including phenoxy) is 2. The van der Waals surface area contributed by atoms with Gasteiger partial charge in [-0.05, 0) is 11.6 Å². The molecule has 0 saturated carbocycles. The molecule has 0 aliphatic carbocycles. The van der Waals surface area contributed by atoms with E-state index in [2.05, 4.69) is 9.64 Å². The number of hydrogen-bond donors (Lipinski definition) is 1. The zero-order chi connectivity index (χ0) is 14.5. The molecular formula is C14H19FN2O3. The van der Waals surface area contributed by atoms with Gasteiger partial charge in [0.2, 0.25) is 0 Å². The van der Waals surface area contributed by atoms with Crippen molar-refractivity contribution in [3.05, 3.63) is 35.1 Å². The van der Waals surface area contributed by atoms with Crippen LogP contribution in [0.1, 0.15) is 11.1 Å². The molecule has 1 saturated heterocycles. The fraction of sp³-hybridized carbons (Fsp3) is 0.500. The summed E-state index contributed by atoms with van der Waals surface area (Å²) in [4.78, 5) is 13.6. The second-order valence-electron chi connectivity index (χ2n) is 4.75. The van der Waals surface area contributed by atoms with Crippen LogP contribution in [0.25, 0.3) is 0 Å². The van der Waals surface area contributed by atoms with Gasteiger partial charge in [-0.3, -0.25) is 4.90 Å². The Bertz CT molecular complexity index is 481. The number of carbonyl (C=O) groups excluding carboxylic acids is 1. The largest absolute Gasteiger partial charge is 0.467 e. The number of esters is 1. The van der Waals surface area contributed by atoms with Crippen LogP contribution >= 0.6 is 0 Å². The third kappa shape index (κ3) is 3.53. The van der Waals surface area contributed by atoms with E-state index in [0.29, 0.717) is 25.3 Å². The van der Waals surface area contributed by atoms with Crippen LogP contribution in [0.5, 0.6) is 0 Å². The number of morpholine rings is 1. The van der Waals surface area contributed by atoms with E-state index in [0.717, 1.165) is 12.1 Å². The molecule has 0 aromatic heterocycles. The summed E-state index contributed by atoms with van der Waals surface area (Å²) in [5.74, 6) is -0.651. The van der Waals surface area contributed by atoms with Gasteiger partial charge in [-0.2, -0.15) is 0 Å². The molecule has 0 bridgehead atoms. The minimum Gasteiger partial charge on any atom is -0.467 e. The number of methoxy groups -OCH3 is 1. The first-order chi connectivity index (χ1) is 9.63. The number of nitrogens with zero attached hydrogens (tertiary/aromatic N) is 1. The van der Waals surface area contributed by atoms with E-state index < -0.39 is 6.10 Å². The molecule has 0 spiro atoms. The molecule has 5 nitrogen and oxygen atoms in total. The molecule has 2 N–H and O–H groups in total. The molecule has 2 rings (SSSR count). The molecular weight excluding hydrogens is 263 g/mol. The molecule has 6 heteroatoms. The minimum atomic E-state index is -0.553. The first-order valence-electron chi connectivity index (χ1n) is 6.53. The van der Waals surface area contributed by atoms with Crippen LogP contribution < -0.4 is 5.73 Å². The molecule has 1 atom stereocenters. The quantitative estimate of drug-likeness (QED) is 0.822. The predicted octanol–water partition coefficient (Wildman–Crippen LogP) is 0.658. The van der Waals surface area contributed by atoms with Crippen LogP contribution in [0, 0.1) is 5.82 Å². The zero-order valence-electron chi connectivity index (χ0n) is 11.5.